The summed E-state index contributed by atoms with van der Waals surface area (Å²) in [5.74, 6) is 0.792. The van der Waals surface area contributed by atoms with E-state index in [0.717, 1.165) is 93.5 Å². The van der Waals surface area contributed by atoms with Crippen LogP contribution in [0.4, 0.5) is 0 Å². The Hall–Kier alpha value is -7.44. The number of furan rings is 1. The fourth-order valence-electron chi connectivity index (χ4n) is 9.29. The first-order valence-corrected chi connectivity index (χ1v) is 18.2. The molecule has 6 heterocycles. The molecule has 0 amide bonds. The summed E-state index contributed by atoms with van der Waals surface area (Å²) in [5, 5.41) is 10.4. The Morgan fingerprint density at radius 1 is 0.407 bits per heavy atom. The molecule has 6 heteroatoms. The molecule has 54 heavy (non-hydrogen) atoms. The largest absolute Gasteiger partial charge is 0.456 e. The predicted molar refractivity (Wildman–Crippen MR) is 221 cm³/mol. The van der Waals surface area contributed by atoms with Gasteiger partial charge in [-0.3, -0.25) is 13.8 Å². The zero-order chi connectivity index (χ0) is 35.2. The van der Waals surface area contributed by atoms with Crippen LogP contribution in [0.15, 0.2) is 167 Å². The van der Waals surface area contributed by atoms with E-state index in [0.29, 0.717) is 5.39 Å². The normalized spacial score (nSPS) is 12.5. The van der Waals surface area contributed by atoms with Crippen molar-refractivity contribution in [3.05, 3.63) is 168 Å². The van der Waals surface area contributed by atoms with Gasteiger partial charge in [-0.25, -0.2) is 4.98 Å². The van der Waals surface area contributed by atoms with Crippen molar-refractivity contribution in [2.24, 2.45) is 0 Å². The van der Waals surface area contributed by atoms with Crippen molar-refractivity contribution in [1.29, 1.82) is 0 Å². The Balaban J connectivity index is 1.14. The Labute approximate surface area is 305 Å². The van der Waals surface area contributed by atoms with Crippen molar-refractivity contribution in [1.82, 2.24) is 18.5 Å². The molecule has 7 aromatic carbocycles. The van der Waals surface area contributed by atoms with Crippen molar-refractivity contribution in [3.8, 4) is 11.5 Å². The van der Waals surface area contributed by atoms with Gasteiger partial charge in [0, 0.05) is 71.7 Å². The van der Waals surface area contributed by atoms with Crippen LogP contribution in [0.1, 0.15) is 0 Å². The van der Waals surface area contributed by atoms with Gasteiger partial charge in [0.2, 0.25) is 0 Å². The first kappa shape index (κ1) is 28.2. The van der Waals surface area contributed by atoms with Gasteiger partial charge in [-0.1, -0.05) is 91.0 Å². The summed E-state index contributed by atoms with van der Waals surface area (Å²) in [7, 11) is 0. The number of nitrogens with zero attached hydrogens (tertiary/aromatic N) is 4. The average molecular weight is 691 g/mol. The molecule has 6 aromatic heterocycles. The molecule has 0 aliphatic carbocycles. The monoisotopic (exact) mass is 690 g/mol. The van der Waals surface area contributed by atoms with Crippen LogP contribution >= 0.6 is 0 Å². The number of pyridine rings is 2. The lowest BCUT2D eigenvalue weighted by Gasteiger charge is -2.11. The molecule has 0 unspecified atom stereocenters. The van der Waals surface area contributed by atoms with Gasteiger partial charge in [-0.15, -0.1) is 0 Å². The standard InChI is InChI=1S/C48H26N4O2/c53-48-32-18-5-4-17-31(32)46-47-37(30-16-8-11-21-40(30)52(47)48)24-45(49-46)51-39-20-10-7-15-29(39)34-23-36-35-22-33-28-14-6-9-19-38(28)50(27-12-2-1-3-13-27)41(33)25-43(35)54-44(36)26-42(34)51/h1-26H. The highest BCUT2D eigenvalue weighted by molar-refractivity contribution is 6.22. The Bertz CT molecular complexity index is 3810. The molecule has 0 aliphatic heterocycles. The lowest BCUT2D eigenvalue weighted by atomic mass is 10.1. The first-order valence-electron chi connectivity index (χ1n) is 18.2. The van der Waals surface area contributed by atoms with Gasteiger partial charge >= 0.3 is 0 Å². The molecular weight excluding hydrogens is 665 g/mol. The molecule has 0 fully saturated rings. The van der Waals surface area contributed by atoms with Crippen LogP contribution in [0.5, 0.6) is 0 Å². The van der Waals surface area contributed by atoms with E-state index in [-0.39, 0.29) is 5.56 Å². The number of fused-ring (bicyclic) bond motifs is 14. The molecule has 0 spiro atoms. The Morgan fingerprint density at radius 3 is 1.59 bits per heavy atom. The second-order valence-electron chi connectivity index (χ2n) is 14.3. The SMILES string of the molecule is O=c1c2ccccc2c2nc(-n3c4ccccc4c4cc5c(cc43)oc3cc4c(cc35)c3ccccc3n4-c3ccccc3)cc3c4ccccc4n1c32. The quantitative estimate of drug-likeness (QED) is 0.170. The highest BCUT2D eigenvalue weighted by atomic mass is 16.3. The minimum absolute atomic E-state index is 0.0238. The summed E-state index contributed by atoms with van der Waals surface area (Å²) in [4.78, 5) is 19.4. The van der Waals surface area contributed by atoms with Crippen molar-refractivity contribution >= 4 is 104 Å². The first-order chi connectivity index (χ1) is 26.7. The lowest BCUT2D eigenvalue weighted by Crippen LogP contribution is -2.13. The third-order valence-corrected chi connectivity index (χ3v) is 11.6. The summed E-state index contributed by atoms with van der Waals surface area (Å²) >= 11 is 0. The molecule has 0 bridgehead atoms. The minimum Gasteiger partial charge on any atom is -0.456 e. The number of hydrogen-bond acceptors (Lipinski definition) is 3. The van der Waals surface area contributed by atoms with E-state index in [1.807, 2.05) is 46.9 Å². The zero-order valence-electron chi connectivity index (χ0n) is 28.6. The van der Waals surface area contributed by atoms with Crippen LogP contribution in [-0.4, -0.2) is 18.5 Å². The molecule has 250 valence electrons. The summed E-state index contributed by atoms with van der Waals surface area (Å²) < 4.78 is 13.2. The van der Waals surface area contributed by atoms with Gasteiger partial charge in [0.05, 0.1) is 38.6 Å². The number of aromatic nitrogens is 4. The third kappa shape index (κ3) is 3.45. The van der Waals surface area contributed by atoms with E-state index in [2.05, 4.69) is 124 Å². The van der Waals surface area contributed by atoms with Crippen LogP contribution < -0.4 is 5.56 Å². The van der Waals surface area contributed by atoms with Gasteiger partial charge in [0.1, 0.15) is 17.0 Å². The fourth-order valence-corrected chi connectivity index (χ4v) is 9.29. The van der Waals surface area contributed by atoms with Gasteiger partial charge in [-0.2, -0.15) is 0 Å². The van der Waals surface area contributed by atoms with Crippen molar-refractivity contribution in [3.63, 3.8) is 0 Å². The highest BCUT2D eigenvalue weighted by Crippen LogP contribution is 2.42. The summed E-state index contributed by atoms with van der Waals surface area (Å²) in [5.41, 5.74) is 9.64. The summed E-state index contributed by atoms with van der Waals surface area (Å²) in [6.45, 7) is 0. The molecule has 0 aliphatic rings. The molecular formula is C48H26N4O2. The van der Waals surface area contributed by atoms with E-state index >= 15 is 0 Å². The second-order valence-corrected chi connectivity index (χ2v) is 14.3. The summed E-state index contributed by atoms with van der Waals surface area (Å²) in [6.07, 6.45) is 0. The maximum absolute atomic E-state index is 14.0. The van der Waals surface area contributed by atoms with Crippen molar-refractivity contribution < 1.29 is 4.42 Å². The van der Waals surface area contributed by atoms with E-state index in [4.69, 9.17) is 9.40 Å². The zero-order valence-corrected chi connectivity index (χ0v) is 28.6. The topological polar surface area (TPSA) is 57.4 Å². The Kier molecular flexibility index (Phi) is 5.17. The third-order valence-electron chi connectivity index (χ3n) is 11.6. The molecule has 0 N–H and O–H groups in total. The van der Waals surface area contributed by atoms with Gasteiger partial charge in [0.15, 0.2) is 0 Å². The van der Waals surface area contributed by atoms with Crippen molar-refractivity contribution in [2.45, 2.75) is 0 Å². The minimum atomic E-state index is -0.0238. The van der Waals surface area contributed by atoms with Gasteiger partial charge in [-0.05, 0) is 54.6 Å². The van der Waals surface area contributed by atoms with Crippen LogP contribution in [0.3, 0.4) is 0 Å². The van der Waals surface area contributed by atoms with Crippen LogP contribution in [0.2, 0.25) is 0 Å². The molecule has 0 atom stereocenters. The number of benzene rings is 7. The second kappa shape index (κ2) is 9.91. The average Bonchev–Trinajstić information content (AvgIpc) is 3.94. The van der Waals surface area contributed by atoms with E-state index in [1.165, 1.54) is 16.3 Å². The molecule has 0 radical (unpaired) electrons. The number of para-hydroxylation sites is 4. The van der Waals surface area contributed by atoms with Gasteiger partial charge in [0.25, 0.3) is 5.56 Å². The molecule has 13 aromatic rings. The van der Waals surface area contributed by atoms with Crippen LogP contribution in [-0.2, 0) is 0 Å². The maximum Gasteiger partial charge on any atom is 0.263 e. The number of hydrogen-bond donors (Lipinski definition) is 0. The van der Waals surface area contributed by atoms with Crippen LogP contribution in [0.25, 0.3) is 115 Å². The molecule has 6 nitrogen and oxygen atoms in total. The fraction of sp³-hybridized carbons (Fsp3) is 0. The number of rotatable bonds is 2. The van der Waals surface area contributed by atoms with E-state index in [9.17, 15) is 4.79 Å². The summed E-state index contributed by atoms with van der Waals surface area (Å²) in [6, 6.07) is 54.8. The van der Waals surface area contributed by atoms with E-state index < -0.39 is 0 Å². The predicted octanol–water partition coefficient (Wildman–Crippen LogP) is 11.7. The van der Waals surface area contributed by atoms with Gasteiger partial charge < -0.3 is 8.98 Å². The maximum atomic E-state index is 14.0. The molecule has 13 rings (SSSR count). The molecule has 0 saturated heterocycles. The smallest absolute Gasteiger partial charge is 0.263 e. The lowest BCUT2D eigenvalue weighted by molar-refractivity contribution is 0.669. The highest BCUT2D eigenvalue weighted by Gasteiger charge is 2.23. The van der Waals surface area contributed by atoms with Crippen molar-refractivity contribution in [2.75, 3.05) is 0 Å². The van der Waals surface area contributed by atoms with E-state index in [1.54, 1.807) is 0 Å². The molecule has 0 saturated carbocycles. The van der Waals surface area contributed by atoms with Crippen LogP contribution in [0, 0.1) is 0 Å². The Morgan fingerprint density at radius 2 is 0.926 bits per heavy atom.